The highest BCUT2D eigenvalue weighted by Crippen LogP contribution is 2.15. The number of aliphatic hydroxyl groups excluding tert-OH is 1. The van der Waals surface area contributed by atoms with E-state index in [0.717, 1.165) is 5.56 Å². The molecule has 1 amide bonds. The summed E-state index contributed by atoms with van der Waals surface area (Å²) in [5.41, 5.74) is 0.721. The molecule has 0 aromatic heterocycles. The highest BCUT2D eigenvalue weighted by Gasteiger charge is 2.09. The van der Waals surface area contributed by atoms with E-state index in [-0.39, 0.29) is 30.7 Å². The molecule has 0 saturated heterocycles. The molecule has 6 heteroatoms. The van der Waals surface area contributed by atoms with Crippen molar-refractivity contribution in [3.63, 3.8) is 0 Å². The first-order valence-electron chi connectivity index (χ1n) is 6.45. The second-order valence-corrected chi connectivity index (χ2v) is 4.53. The van der Waals surface area contributed by atoms with Crippen LogP contribution in [0.4, 0.5) is 8.78 Å². The molecule has 1 aromatic rings. The first-order chi connectivity index (χ1) is 9.51. The van der Waals surface area contributed by atoms with E-state index in [1.54, 1.807) is 12.1 Å². The number of nitrogens with one attached hydrogen (secondary N) is 1. The third-order valence-electron chi connectivity index (χ3n) is 2.72. The molecule has 2 N–H and O–H groups in total. The molecule has 0 heterocycles. The smallest absolute Gasteiger partial charge is 0.387 e. The molecular formula is C14H19F2NO3. The topological polar surface area (TPSA) is 58.6 Å². The molecule has 1 rings (SSSR count). The normalized spacial score (nSPS) is 12.2. The fourth-order valence-corrected chi connectivity index (χ4v) is 1.77. The van der Waals surface area contributed by atoms with E-state index >= 15 is 0 Å². The SMILES string of the molecule is CC(CCCO)NC(=O)Cc1ccc(OC(F)F)cc1. The van der Waals surface area contributed by atoms with Gasteiger partial charge in [0.1, 0.15) is 5.75 Å². The number of carbonyl (C=O) groups is 1. The molecule has 112 valence electrons. The predicted octanol–water partition coefficient (Wildman–Crippen LogP) is 2.11. The van der Waals surface area contributed by atoms with Crippen molar-refractivity contribution in [2.45, 2.75) is 38.8 Å². The van der Waals surface area contributed by atoms with Gasteiger partial charge in [0.05, 0.1) is 6.42 Å². The fraction of sp³-hybridized carbons (Fsp3) is 0.500. The number of carbonyl (C=O) groups excluding carboxylic acids is 1. The number of alkyl halides is 2. The zero-order chi connectivity index (χ0) is 15.0. The van der Waals surface area contributed by atoms with E-state index in [1.807, 2.05) is 6.92 Å². The van der Waals surface area contributed by atoms with E-state index in [0.29, 0.717) is 12.8 Å². The van der Waals surface area contributed by atoms with Gasteiger partial charge in [0.15, 0.2) is 0 Å². The molecule has 0 fully saturated rings. The summed E-state index contributed by atoms with van der Waals surface area (Å²) in [6, 6.07) is 5.97. The van der Waals surface area contributed by atoms with Gasteiger partial charge in [0.2, 0.25) is 5.91 Å². The maximum atomic E-state index is 12.0. The van der Waals surface area contributed by atoms with E-state index in [1.165, 1.54) is 12.1 Å². The van der Waals surface area contributed by atoms with Gasteiger partial charge in [-0.15, -0.1) is 0 Å². The maximum Gasteiger partial charge on any atom is 0.387 e. The van der Waals surface area contributed by atoms with Crippen molar-refractivity contribution in [1.82, 2.24) is 5.32 Å². The lowest BCUT2D eigenvalue weighted by Gasteiger charge is -2.13. The summed E-state index contributed by atoms with van der Waals surface area (Å²) in [7, 11) is 0. The monoisotopic (exact) mass is 287 g/mol. The Morgan fingerprint density at radius 2 is 2.00 bits per heavy atom. The van der Waals surface area contributed by atoms with Gasteiger partial charge in [-0.3, -0.25) is 4.79 Å². The van der Waals surface area contributed by atoms with Crippen LogP contribution < -0.4 is 10.1 Å². The third-order valence-corrected chi connectivity index (χ3v) is 2.72. The van der Waals surface area contributed by atoms with Crippen LogP contribution in [-0.2, 0) is 11.2 Å². The summed E-state index contributed by atoms with van der Waals surface area (Å²) >= 11 is 0. The second-order valence-electron chi connectivity index (χ2n) is 4.53. The molecular weight excluding hydrogens is 268 g/mol. The average molecular weight is 287 g/mol. The summed E-state index contributed by atoms with van der Waals surface area (Å²) in [4.78, 5) is 11.7. The number of benzene rings is 1. The highest BCUT2D eigenvalue weighted by atomic mass is 19.3. The first kappa shape index (κ1) is 16.4. The lowest BCUT2D eigenvalue weighted by atomic mass is 10.1. The van der Waals surface area contributed by atoms with Crippen LogP contribution in [0.2, 0.25) is 0 Å². The second kappa shape index (κ2) is 8.47. The van der Waals surface area contributed by atoms with Crippen LogP contribution in [0.3, 0.4) is 0 Å². The Hall–Kier alpha value is -1.69. The van der Waals surface area contributed by atoms with Crippen molar-refractivity contribution >= 4 is 5.91 Å². The predicted molar refractivity (Wildman–Crippen MR) is 70.7 cm³/mol. The Morgan fingerprint density at radius 3 is 2.55 bits per heavy atom. The minimum absolute atomic E-state index is 0.00362. The molecule has 0 bridgehead atoms. The van der Waals surface area contributed by atoms with Crippen molar-refractivity contribution in [1.29, 1.82) is 0 Å². The standard InChI is InChI=1S/C14H19F2NO3/c1-10(3-2-8-18)17-13(19)9-11-4-6-12(7-5-11)20-14(15)16/h4-7,10,14,18H,2-3,8-9H2,1H3,(H,17,19). The van der Waals surface area contributed by atoms with E-state index in [2.05, 4.69) is 10.1 Å². The largest absolute Gasteiger partial charge is 0.435 e. The first-order valence-corrected chi connectivity index (χ1v) is 6.45. The van der Waals surface area contributed by atoms with Crippen molar-refractivity contribution in [2.24, 2.45) is 0 Å². The van der Waals surface area contributed by atoms with E-state index in [9.17, 15) is 13.6 Å². The molecule has 0 saturated carbocycles. The van der Waals surface area contributed by atoms with E-state index in [4.69, 9.17) is 5.11 Å². The summed E-state index contributed by atoms with van der Waals surface area (Å²) in [5.74, 6) is -0.0709. The lowest BCUT2D eigenvalue weighted by Crippen LogP contribution is -2.33. The Kier molecular flexibility index (Phi) is 6.93. The molecule has 0 aliphatic carbocycles. The van der Waals surface area contributed by atoms with Gasteiger partial charge in [-0.2, -0.15) is 8.78 Å². The molecule has 4 nitrogen and oxygen atoms in total. The van der Waals surface area contributed by atoms with E-state index < -0.39 is 6.61 Å². The van der Waals surface area contributed by atoms with Gasteiger partial charge in [-0.25, -0.2) is 0 Å². The number of halogens is 2. The molecule has 0 spiro atoms. The molecule has 1 aromatic carbocycles. The number of ether oxygens (including phenoxy) is 1. The van der Waals surface area contributed by atoms with Gasteiger partial charge in [-0.05, 0) is 37.5 Å². The van der Waals surface area contributed by atoms with Crippen LogP contribution in [0.15, 0.2) is 24.3 Å². The molecule has 0 aliphatic heterocycles. The zero-order valence-corrected chi connectivity index (χ0v) is 11.3. The number of hydrogen-bond donors (Lipinski definition) is 2. The van der Waals surface area contributed by atoms with Crippen LogP contribution >= 0.6 is 0 Å². The number of rotatable bonds is 8. The fourth-order valence-electron chi connectivity index (χ4n) is 1.77. The minimum atomic E-state index is -2.85. The quantitative estimate of drug-likeness (QED) is 0.770. The molecule has 1 atom stereocenters. The molecule has 1 unspecified atom stereocenters. The molecule has 20 heavy (non-hydrogen) atoms. The number of amides is 1. The van der Waals surface area contributed by atoms with Crippen molar-refractivity contribution in [3.05, 3.63) is 29.8 Å². The zero-order valence-electron chi connectivity index (χ0n) is 11.3. The molecule has 0 aliphatic rings. The van der Waals surface area contributed by atoms with Crippen LogP contribution in [-0.4, -0.2) is 30.3 Å². The minimum Gasteiger partial charge on any atom is -0.435 e. The molecule has 0 radical (unpaired) electrons. The van der Waals surface area contributed by atoms with Crippen molar-refractivity contribution in [3.8, 4) is 5.75 Å². The Balaban J connectivity index is 2.41. The van der Waals surface area contributed by atoms with Gasteiger partial charge in [-0.1, -0.05) is 12.1 Å². The van der Waals surface area contributed by atoms with Gasteiger partial charge < -0.3 is 15.2 Å². The van der Waals surface area contributed by atoms with Crippen molar-refractivity contribution in [2.75, 3.05) is 6.61 Å². The lowest BCUT2D eigenvalue weighted by molar-refractivity contribution is -0.121. The van der Waals surface area contributed by atoms with Crippen LogP contribution in [0.25, 0.3) is 0 Å². The van der Waals surface area contributed by atoms with Crippen LogP contribution in [0.1, 0.15) is 25.3 Å². The van der Waals surface area contributed by atoms with Crippen LogP contribution in [0, 0.1) is 0 Å². The number of aliphatic hydroxyl groups is 1. The number of hydrogen-bond acceptors (Lipinski definition) is 3. The summed E-state index contributed by atoms with van der Waals surface area (Å²) < 4.78 is 28.2. The highest BCUT2D eigenvalue weighted by molar-refractivity contribution is 5.78. The van der Waals surface area contributed by atoms with Gasteiger partial charge >= 0.3 is 6.61 Å². The van der Waals surface area contributed by atoms with Crippen molar-refractivity contribution < 1.29 is 23.4 Å². The summed E-state index contributed by atoms with van der Waals surface area (Å²) in [5, 5.41) is 11.5. The Morgan fingerprint density at radius 1 is 1.35 bits per heavy atom. The van der Waals surface area contributed by atoms with Gasteiger partial charge in [0, 0.05) is 12.6 Å². The summed E-state index contributed by atoms with van der Waals surface area (Å²) in [6.07, 6.45) is 1.53. The Labute approximate surface area is 116 Å². The average Bonchev–Trinajstić information content (AvgIpc) is 2.38. The third kappa shape index (κ3) is 6.47. The van der Waals surface area contributed by atoms with Gasteiger partial charge in [0.25, 0.3) is 0 Å². The Bertz CT molecular complexity index is 409. The summed E-state index contributed by atoms with van der Waals surface area (Å²) in [6.45, 7) is -0.879. The maximum absolute atomic E-state index is 12.0. The van der Waals surface area contributed by atoms with Crippen LogP contribution in [0.5, 0.6) is 5.75 Å².